The lowest BCUT2D eigenvalue weighted by atomic mass is 10.0. The Labute approximate surface area is 280 Å². The number of amides is 2. The molecule has 0 bridgehead atoms. The second-order valence-electron chi connectivity index (χ2n) is 11.0. The third-order valence-corrected chi connectivity index (χ3v) is 9.85. The third-order valence-electron chi connectivity index (χ3n) is 7.58. The highest BCUT2D eigenvalue weighted by molar-refractivity contribution is 9.10. The smallest absolute Gasteiger partial charge is 0.264 e. The number of carbonyl (C=O) groups is 2. The van der Waals surface area contributed by atoms with Crippen LogP contribution in [-0.2, 0) is 32.6 Å². The molecule has 0 unspecified atom stereocenters. The van der Waals surface area contributed by atoms with Crippen LogP contribution < -0.4 is 14.4 Å². The first-order valence-electron chi connectivity index (χ1n) is 15.2. The number of methoxy groups -OCH3 is 1. The molecule has 242 valence electrons. The average molecular weight is 707 g/mol. The van der Waals surface area contributed by atoms with E-state index in [0.29, 0.717) is 12.3 Å². The maximum atomic E-state index is 14.6. The fourth-order valence-electron chi connectivity index (χ4n) is 5.08. The fourth-order valence-corrected chi connectivity index (χ4v) is 6.95. The van der Waals surface area contributed by atoms with Gasteiger partial charge in [0.25, 0.3) is 10.0 Å². The first-order valence-corrected chi connectivity index (χ1v) is 17.4. The van der Waals surface area contributed by atoms with E-state index in [1.807, 2.05) is 68.4 Å². The second-order valence-corrected chi connectivity index (χ2v) is 13.8. The summed E-state index contributed by atoms with van der Waals surface area (Å²) in [5.74, 6) is -0.540. The van der Waals surface area contributed by atoms with E-state index in [-0.39, 0.29) is 29.5 Å². The fraction of sp³-hybridized carbons (Fsp3) is 0.278. The van der Waals surface area contributed by atoms with Gasteiger partial charge < -0.3 is 15.0 Å². The minimum Gasteiger partial charge on any atom is -0.495 e. The van der Waals surface area contributed by atoms with Gasteiger partial charge in [-0.3, -0.25) is 13.9 Å². The number of hydrogen-bond donors (Lipinski definition) is 1. The number of halogens is 1. The molecule has 0 aliphatic rings. The highest BCUT2D eigenvalue weighted by Gasteiger charge is 2.35. The molecule has 1 atom stereocenters. The number of anilines is 1. The lowest BCUT2D eigenvalue weighted by molar-refractivity contribution is -0.140. The molecule has 8 nitrogen and oxygen atoms in total. The molecule has 0 spiro atoms. The number of sulfonamides is 1. The van der Waals surface area contributed by atoms with Gasteiger partial charge in [0.2, 0.25) is 11.8 Å². The van der Waals surface area contributed by atoms with Crippen LogP contribution in [-0.4, -0.2) is 51.4 Å². The van der Waals surface area contributed by atoms with E-state index in [1.165, 1.54) is 24.1 Å². The molecule has 1 N–H and O–H groups in total. The van der Waals surface area contributed by atoms with Crippen molar-refractivity contribution < 1.29 is 22.7 Å². The van der Waals surface area contributed by atoms with E-state index < -0.39 is 28.5 Å². The lowest BCUT2D eigenvalue weighted by Gasteiger charge is -2.34. The summed E-state index contributed by atoms with van der Waals surface area (Å²) in [6.45, 7) is 3.90. The number of carbonyl (C=O) groups excluding carboxylic acids is 2. The summed E-state index contributed by atoms with van der Waals surface area (Å²) in [5, 5.41) is 3.01. The summed E-state index contributed by atoms with van der Waals surface area (Å²) in [6.07, 6.45) is 1.94. The number of unbranched alkanes of at least 4 members (excludes halogenated alkanes) is 1. The van der Waals surface area contributed by atoms with Gasteiger partial charge in [0, 0.05) is 24.0 Å². The van der Waals surface area contributed by atoms with Crippen molar-refractivity contribution in [2.24, 2.45) is 0 Å². The van der Waals surface area contributed by atoms with Crippen LogP contribution in [0, 0.1) is 6.92 Å². The van der Waals surface area contributed by atoms with Crippen molar-refractivity contribution in [2.45, 2.75) is 50.6 Å². The van der Waals surface area contributed by atoms with Crippen LogP contribution in [0.25, 0.3) is 0 Å². The van der Waals surface area contributed by atoms with Crippen molar-refractivity contribution in [3.63, 3.8) is 0 Å². The normalized spacial score (nSPS) is 11.8. The van der Waals surface area contributed by atoms with Crippen molar-refractivity contribution in [1.82, 2.24) is 10.2 Å². The van der Waals surface area contributed by atoms with Crippen molar-refractivity contribution in [3.05, 3.63) is 124 Å². The molecule has 0 saturated heterocycles. The monoisotopic (exact) mass is 705 g/mol. The van der Waals surface area contributed by atoms with Gasteiger partial charge >= 0.3 is 0 Å². The van der Waals surface area contributed by atoms with Crippen LogP contribution in [0.2, 0.25) is 0 Å². The van der Waals surface area contributed by atoms with Crippen LogP contribution in [0.1, 0.15) is 36.5 Å². The van der Waals surface area contributed by atoms with E-state index in [9.17, 15) is 18.0 Å². The van der Waals surface area contributed by atoms with Gasteiger partial charge in [-0.15, -0.1) is 0 Å². The maximum Gasteiger partial charge on any atom is 0.264 e. The molecule has 2 amide bonds. The van der Waals surface area contributed by atoms with Crippen LogP contribution in [0.5, 0.6) is 5.75 Å². The molecule has 46 heavy (non-hydrogen) atoms. The predicted molar refractivity (Wildman–Crippen MR) is 185 cm³/mol. The number of nitrogens with one attached hydrogen (secondary N) is 1. The van der Waals surface area contributed by atoms with Crippen LogP contribution in [0.4, 0.5) is 5.69 Å². The zero-order valence-corrected chi connectivity index (χ0v) is 28.8. The predicted octanol–water partition coefficient (Wildman–Crippen LogP) is 6.52. The molecule has 0 aromatic heterocycles. The third kappa shape index (κ3) is 8.98. The molecule has 4 rings (SSSR count). The van der Waals surface area contributed by atoms with Crippen molar-refractivity contribution >= 4 is 43.5 Å². The first kappa shape index (κ1) is 34.7. The molecule has 0 fully saturated rings. The Bertz CT molecular complexity index is 1720. The summed E-state index contributed by atoms with van der Waals surface area (Å²) in [7, 11) is -2.78. The minimum atomic E-state index is -4.24. The Morgan fingerprint density at radius 1 is 0.891 bits per heavy atom. The van der Waals surface area contributed by atoms with Gasteiger partial charge in [-0.05, 0) is 60.9 Å². The molecule has 0 saturated carbocycles. The van der Waals surface area contributed by atoms with Gasteiger partial charge in [-0.1, -0.05) is 102 Å². The molecular formula is C36H40BrN3O5S. The summed E-state index contributed by atoms with van der Waals surface area (Å²) in [6, 6.07) is 29.2. The zero-order chi connectivity index (χ0) is 33.1. The van der Waals surface area contributed by atoms with Crippen LogP contribution >= 0.6 is 15.9 Å². The Morgan fingerprint density at radius 2 is 1.57 bits per heavy atom. The van der Waals surface area contributed by atoms with Gasteiger partial charge in [0.15, 0.2) is 0 Å². The topological polar surface area (TPSA) is 96.0 Å². The van der Waals surface area contributed by atoms with E-state index in [4.69, 9.17) is 4.74 Å². The zero-order valence-electron chi connectivity index (χ0n) is 26.4. The highest BCUT2D eigenvalue weighted by atomic mass is 79.9. The standard InChI is InChI=1S/C36H40BrN3O5S/c1-4-5-22-38-36(42)33(24-28-12-7-6-8-13-28)39(25-29-14-11-15-30(37)23-29)35(41)26-40(32-16-9-10-17-34(32)45-3)46(43,44)31-20-18-27(2)19-21-31/h6-21,23,33H,4-5,22,24-26H2,1-3H3,(H,38,42)/t33-/m0/s1. The highest BCUT2D eigenvalue weighted by Crippen LogP contribution is 2.33. The largest absolute Gasteiger partial charge is 0.495 e. The molecule has 10 heteroatoms. The number of benzene rings is 4. The SMILES string of the molecule is CCCCNC(=O)[C@H](Cc1ccccc1)N(Cc1cccc(Br)c1)C(=O)CN(c1ccccc1OC)S(=O)(=O)c1ccc(C)cc1. The van der Waals surface area contributed by atoms with Crippen LogP contribution in [0.3, 0.4) is 0 Å². The van der Waals surface area contributed by atoms with Crippen LogP contribution in [0.15, 0.2) is 112 Å². The summed E-state index contributed by atoms with van der Waals surface area (Å²) in [5.41, 5.74) is 2.77. The van der Waals surface area contributed by atoms with E-state index in [1.54, 1.807) is 36.4 Å². The summed E-state index contributed by atoms with van der Waals surface area (Å²) >= 11 is 3.51. The van der Waals surface area contributed by atoms with Crippen molar-refractivity contribution in [3.8, 4) is 5.75 Å². The van der Waals surface area contributed by atoms with Gasteiger partial charge in [0.05, 0.1) is 17.7 Å². The molecule has 0 heterocycles. The Kier molecular flexibility index (Phi) is 12.4. The number of rotatable bonds is 15. The molecular weight excluding hydrogens is 666 g/mol. The molecule has 0 aliphatic carbocycles. The van der Waals surface area contributed by atoms with E-state index in [0.717, 1.165) is 38.3 Å². The molecule has 4 aromatic carbocycles. The Morgan fingerprint density at radius 3 is 2.24 bits per heavy atom. The van der Waals surface area contributed by atoms with Crippen molar-refractivity contribution in [1.29, 1.82) is 0 Å². The summed E-state index contributed by atoms with van der Waals surface area (Å²) < 4.78 is 36.0. The first-order chi connectivity index (χ1) is 22.1. The Hall–Kier alpha value is -4.15. The lowest BCUT2D eigenvalue weighted by Crippen LogP contribution is -2.53. The number of hydrogen-bond acceptors (Lipinski definition) is 5. The summed E-state index contributed by atoms with van der Waals surface area (Å²) in [4.78, 5) is 30.0. The number of nitrogens with zero attached hydrogens (tertiary/aromatic N) is 2. The van der Waals surface area contributed by atoms with Gasteiger partial charge in [0.1, 0.15) is 18.3 Å². The molecule has 4 aromatic rings. The molecule has 0 aliphatic heterocycles. The number of para-hydroxylation sites is 2. The average Bonchev–Trinajstić information content (AvgIpc) is 3.05. The van der Waals surface area contributed by atoms with E-state index in [2.05, 4.69) is 21.2 Å². The number of ether oxygens (including phenoxy) is 1. The van der Waals surface area contributed by atoms with Gasteiger partial charge in [-0.25, -0.2) is 8.42 Å². The van der Waals surface area contributed by atoms with Gasteiger partial charge in [-0.2, -0.15) is 0 Å². The molecule has 0 radical (unpaired) electrons. The number of aryl methyl sites for hydroxylation is 1. The maximum absolute atomic E-state index is 14.6. The quantitative estimate of drug-likeness (QED) is 0.142. The van der Waals surface area contributed by atoms with Crippen molar-refractivity contribution in [2.75, 3.05) is 24.5 Å². The minimum absolute atomic E-state index is 0.0356. The Balaban J connectivity index is 1.82. The van der Waals surface area contributed by atoms with E-state index >= 15 is 0 Å². The second kappa shape index (κ2) is 16.4.